The number of carbonyl (C=O) groups excluding carboxylic acids is 2. The fourth-order valence-electron chi connectivity index (χ4n) is 7.52. The average molecular weight is 854 g/mol. The molecule has 9 nitrogen and oxygen atoms in total. The number of alkyl carbamates (subject to hydrolysis) is 2. The second kappa shape index (κ2) is 45.4. The molecule has 3 N–H and O–H groups in total. The molecule has 0 rings (SSSR count). The molecular weight excluding hydrogens is 751 g/mol. The van der Waals surface area contributed by atoms with Gasteiger partial charge in [0.05, 0.1) is 18.9 Å². The minimum Gasteiger partial charge on any atom is -0.446 e. The van der Waals surface area contributed by atoms with Gasteiger partial charge in [-0.2, -0.15) is 0 Å². The van der Waals surface area contributed by atoms with Crippen LogP contribution in [-0.4, -0.2) is 70.1 Å². The Kier molecular flexibility index (Phi) is 44.2. The number of rotatable bonds is 47. The van der Waals surface area contributed by atoms with Crippen molar-refractivity contribution in [1.29, 1.82) is 0 Å². The largest absolute Gasteiger partial charge is 0.446 e. The third-order valence-corrected chi connectivity index (χ3v) is 11.6. The van der Waals surface area contributed by atoms with Crippen LogP contribution in [0.1, 0.15) is 253 Å². The highest BCUT2D eigenvalue weighted by Gasteiger charge is 2.20. The van der Waals surface area contributed by atoms with E-state index in [4.69, 9.17) is 18.9 Å². The van der Waals surface area contributed by atoms with Crippen LogP contribution in [0.2, 0.25) is 0 Å². The zero-order valence-electron chi connectivity index (χ0n) is 40.9. The second-order valence-corrected chi connectivity index (χ2v) is 18.8. The first kappa shape index (κ1) is 58.4. The highest BCUT2D eigenvalue weighted by molar-refractivity contribution is 5.68. The summed E-state index contributed by atoms with van der Waals surface area (Å²) in [7, 11) is 0. The van der Waals surface area contributed by atoms with Gasteiger partial charge in [0.2, 0.25) is 0 Å². The molecule has 1 unspecified atom stereocenters. The highest BCUT2D eigenvalue weighted by Crippen LogP contribution is 2.18. The maximum Gasteiger partial charge on any atom is 0.407 e. The fourth-order valence-corrected chi connectivity index (χ4v) is 7.52. The molecule has 60 heavy (non-hydrogen) atoms. The molecule has 0 aliphatic rings. The molecule has 358 valence electrons. The Hall–Kier alpha value is -1.58. The number of hydrogen-bond donors (Lipinski definition) is 3. The molecule has 0 aromatic rings. The zero-order chi connectivity index (χ0) is 44.0. The molecule has 0 spiro atoms. The third-order valence-electron chi connectivity index (χ3n) is 11.6. The van der Waals surface area contributed by atoms with Gasteiger partial charge in [-0.05, 0) is 58.4 Å². The van der Waals surface area contributed by atoms with Crippen molar-refractivity contribution < 1.29 is 28.5 Å². The third kappa shape index (κ3) is 45.9. The quantitative estimate of drug-likeness (QED) is 0.0413. The molecule has 0 fully saturated rings. The van der Waals surface area contributed by atoms with E-state index >= 15 is 0 Å². The van der Waals surface area contributed by atoms with E-state index in [1.54, 1.807) is 0 Å². The van der Waals surface area contributed by atoms with E-state index in [0.29, 0.717) is 25.7 Å². The van der Waals surface area contributed by atoms with Crippen molar-refractivity contribution in [2.75, 3.05) is 46.2 Å². The molecule has 0 saturated carbocycles. The Bertz CT molecular complexity index is 904. The first-order chi connectivity index (χ1) is 29.2. The molecule has 1 atom stereocenters. The van der Waals surface area contributed by atoms with Gasteiger partial charge in [0.1, 0.15) is 6.61 Å². The first-order valence-corrected chi connectivity index (χ1v) is 26.0. The van der Waals surface area contributed by atoms with Crippen molar-refractivity contribution in [3.63, 3.8) is 0 Å². The summed E-state index contributed by atoms with van der Waals surface area (Å²) in [5.41, 5.74) is -0.239. The Morgan fingerprint density at radius 1 is 0.500 bits per heavy atom. The van der Waals surface area contributed by atoms with Gasteiger partial charge in [-0.15, -0.1) is 0 Å². The van der Waals surface area contributed by atoms with Crippen LogP contribution in [0.5, 0.6) is 0 Å². The summed E-state index contributed by atoms with van der Waals surface area (Å²) >= 11 is 0. The van der Waals surface area contributed by atoms with E-state index in [1.807, 2.05) is 0 Å². The Labute approximate surface area is 372 Å². The van der Waals surface area contributed by atoms with Gasteiger partial charge in [-0.1, -0.05) is 207 Å². The SMILES string of the molecule is CCCCCCCCCCCCCCCCCCNC(=O)OC(COCNCCCCCCCCCCCCCCCC)COC(=O)NCCCC(C)(C)OCCC(C)C. The summed E-state index contributed by atoms with van der Waals surface area (Å²) in [6.45, 7) is 16.3. The Balaban J connectivity index is 4.27. The lowest BCUT2D eigenvalue weighted by molar-refractivity contribution is -0.0290. The molecule has 0 aromatic heterocycles. The van der Waals surface area contributed by atoms with Crippen molar-refractivity contribution >= 4 is 12.2 Å². The standard InChI is InChI=1S/C51H103N3O6/c1-7-9-11-13-15-17-19-21-23-24-26-28-30-32-34-36-41-54-50(56)60-48(45-58-49(55)53-42-37-39-51(5,6)59-43-38-47(3)4)44-57-46-52-40-35-33-31-29-27-25-22-20-18-16-14-12-10-8-2/h47-48,52H,7-46H2,1-6H3,(H,53,55)(H,54,56). The predicted octanol–water partition coefficient (Wildman–Crippen LogP) is 14.7. The van der Waals surface area contributed by atoms with Crippen LogP contribution in [-0.2, 0) is 18.9 Å². The summed E-state index contributed by atoms with van der Waals surface area (Å²) in [5, 5.41) is 9.06. The normalized spacial score (nSPS) is 12.2. The van der Waals surface area contributed by atoms with Gasteiger partial charge in [0, 0.05) is 19.7 Å². The second-order valence-electron chi connectivity index (χ2n) is 18.8. The van der Waals surface area contributed by atoms with Gasteiger partial charge in [0.15, 0.2) is 6.10 Å². The molecular formula is C51H103N3O6. The molecule has 0 aromatic carbocycles. The summed E-state index contributed by atoms with van der Waals surface area (Å²) in [4.78, 5) is 25.2. The fraction of sp³-hybridized carbons (Fsp3) is 0.961. The van der Waals surface area contributed by atoms with Crippen LogP contribution >= 0.6 is 0 Å². The molecule has 0 heterocycles. The van der Waals surface area contributed by atoms with Crippen LogP contribution in [0.15, 0.2) is 0 Å². The molecule has 9 heteroatoms. The molecule has 0 saturated heterocycles. The zero-order valence-corrected chi connectivity index (χ0v) is 40.9. The molecule has 2 amide bonds. The number of amides is 2. The monoisotopic (exact) mass is 854 g/mol. The summed E-state index contributed by atoms with van der Waals surface area (Å²) < 4.78 is 23.0. The summed E-state index contributed by atoms with van der Waals surface area (Å²) in [6, 6.07) is 0. The van der Waals surface area contributed by atoms with Crippen LogP contribution in [0.4, 0.5) is 9.59 Å². The maximum atomic E-state index is 12.7. The molecule has 0 bridgehead atoms. The topological polar surface area (TPSA) is 107 Å². The number of unbranched alkanes of at least 4 members (excludes halogenated alkanes) is 28. The van der Waals surface area contributed by atoms with Crippen LogP contribution in [0.25, 0.3) is 0 Å². The lowest BCUT2D eigenvalue weighted by Crippen LogP contribution is -2.37. The summed E-state index contributed by atoms with van der Waals surface area (Å²) in [6.07, 6.45) is 40.8. The predicted molar refractivity (Wildman–Crippen MR) is 255 cm³/mol. The van der Waals surface area contributed by atoms with Crippen LogP contribution in [0, 0.1) is 5.92 Å². The van der Waals surface area contributed by atoms with Crippen molar-refractivity contribution in [3.05, 3.63) is 0 Å². The minimum atomic E-state index is -0.697. The first-order valence-electron chi connectivity index (χ1n) is 26.0. The average Bonchev–Trinajstić information content (AvgIpc) is 3.21. The van der Waals surface area contributed by atoms with E-state index in [1.165, 1.54) is 173 Å². The molecule has 0 aliphatic heterocycles. The van der Waals surface area contributed by atoms with Gasteiger partial charge in [-0.3, -0.25) is 5.32 Å². The lowest BCUT2D eigenvalue weighted by atomic mass is 10.0. The summed E-state index contributed by atoms with van der Waals surface area (Å²) in [5.74, 6) is 0.611. The van der Waals surface area contributed by atoms with E-state index in [0.717, 1.165) is 51.7 Å². The lowest BCUT2D eigenvalue weighted by Gasteiger charge is -2.26. The molecule has 0 aliphatic carbocycles. The van der Waals surface area contributed by atoms with E-state index < -0.39 is 18.3 Å². The van der Waals surface area contributed by atoms with Crippen LogP contribution in [0.3, 0.4) is 0 Å². The van der Waals surface area contributed by atoms with E-state index in [-0.39, 0.29) is 18.8 Å². The number of carbonyl (C=O) groups is 2. The smallest absolute Gasteiger partial charge is 0.407 e. The van der Waals surface area contributed by atoms with Crippen molar-refractivity contribution in [3.8, 4) is 0 Å². The van der Waals surface area contributed by atoms with Gasteiger partial charge in [-0.25, -0.2) is 9.59 Å². The number of hydrogen-bond acceptors (Lipinski definition) is 7. The number of nitrogens with one attached hydrogen (secondary N) is 3. The molecule has 0 radical (unpaired) electrons. The Morgan fingerprint density at radius 3 is 1.35 bits per heavy atom. The van der Waals surface area contributed by atoms with Gasteiger partial charge < -0.3 is 29.6 Å². The van der Waals surface area contributed by atoms with Crippen molar-refractivity contribution in [2.45, 2.75) is 265 Å². The number of ether oxygens (including phenoxy) is 4. The van der Waals surface area contributed by atoms with Crippen molar-refractivity contribution in [2.24, 2.45) is 5.92 Å². The van der Waals surface area contributed by atoms with Crippen LogP contribution < -0.4 is 16.0 Å². The van der Waals surface area contributed by atoms with E-state index in [9.17, 15) is 9.59 Å². The van der Waals surface area contributed by atoms with Gasteiger partial charge >= 0.3 is 12.2 Å². The van der Waals surface area contributed by atoms with Crippen molar-refractivity contribution in [1.82, 2.24) is 16.0 Å². The Morgan fingerprint density at radius 2 is 0.900 bits per heavy atom. The maximum absolute atomic E-state index is 12.7. The van der Waals surface area contributed by atoms with Gasteiger partial charge in [0.25, 0.3) is 0 Å². The highest BCUT2D eigenvalue weighted by atomic mass is 16.6. The minimum absolute atomic E-state index is 0.0684. The van der Waals surface area contributed by atoms with E-state index in [2.05, 4.69) is 57.5 Å².